The second kappa shape index (κ2) is 5.59. The van der Waals surface area contributed by atoms with Crippen molar-refractivity contribution >= 4 is 27.8 Å². The summed E-state index contributed by atoms with van der Waals surface area (Å²) in [6.45, 7) is -0.301. The van der Waals surface area contributed by atoms with Gasteiger partial charge in [-0.2, -0.15) is 8.42 Å². The minimum absolute atomic E-state index is 0.301. The number of carboxylic acids is 1. The summed E-state index contributed by atoms with van der Waals surface area (Å²) in [4.78, 5) is 23.2. The number of hydrogen-bond donors (Lipinski definition) is 1. The van der Waals surface area contributed by atoms with Crippen molar-refractivity contribution in [1.29, 1.82) is 0 Å². The molecule has 1 amide bonds. The first-order valence-electron chi connectivity index (χ1n) is 6.03. The molecule has 0 bridgehead atoms. The number of aromatic carboxylic acids is 1. The van der Waals surface area contributed by atoms with E-state index < -0.39 is 56.7 Å². The van der Waals surface area contributed by atoms with Crippen molar-refractivity contribution in [2.45, 2.75) is 6.42 Å². The number of halogens is 3. The summed E-state index contributed by atoms with van der Waals surface area (Å²) >= 11 is 0. The van der Waals surface area contributed by atoms with Crippen molar-refractivity contribution < 1.29 is 35.8 Å². The highest BCUT2D eigenvalue weighted by Gasteiger charge is 2.35. The standard InChI is InChI=1S/C12H10F3NO5S/c13-8-3-10(9(14)2-7(8)12(18)19)16-4-6(1-11(16)17)5-22(15,20)21/h2-3,6H,1,4-5H2,(H,18,19). The summed E-state index contributed by atoms with van der Waals surface area (Å²) in [5, 5.41) is 8.67. The second-order valence-electron chi connectivity index (χ2n) is 4.87. The van der Waals surface area contributed by atoms with Gasteiger partial charge in [0.2, 0.25) is 5.91 Å². The first-order valence-corrected chi connectivity index (χ1v) is 7.59. The number of carbonyl (C=O) groups excluding carboxylic acids is 1. The van der Waals surface area contributed by atoms with Crippen molar-refractivity contribution in [2.75, 3.05) is 17.2 Å². The summed E-state index contributed by atoms with van der Waals surface area (Å²) < 4.78 is 61.2. The molecule has 1 unspecified atom stereocenters. The summed E-state index contributed by atoms with van der Waals surface area (Å²) in [6, 6.07) is 0.975. The third-order valence-corrected chi connectivity index (χ3v) is 4.07. The SMILES string of the molecule is O=C(O)c1cc(F)c(N2CC(CS(=O)(=O)F)CC2=O)cc1F. The number of benzene rings is 1. The van der Waals surface area contributed by atoms with Crippen LogP contribution >= 0.6 is 0 Å². The summed E-state index contributed by atoms with van der Waals surface area (Å²) in [5.74, 6) is -6.53. The highest BCUT2D eigenvalue weighted by atomic mass is 32.3. The van der Waals surface area contributed by atoms with Crippen LogP contribution in [-0.2, 0) is 15.0 Å². The minimum atomic E-state index is -4.80. The minimum Gasteiger partial charge on any atom is -0.478 e. The van der Waals surface area contributed by atoms with Gasteiger partial charge in [-0.3, -0.25) is 4.79 Å². The molecule has 0 radical (unpaired) electrons. The molecule has 1 atom stereocenters. The number of hydrogen-bond acceptors (Lipinski definition) is 4. The van der Waals surface area contributed by atoms with Gasteiger partial charge in [0.1, 0.15) is 11.6 Å². The fourth-order valence-electron chi connectivity index (χ4n) is 2.31. The monoisotopic (exact) mass is 337 g/mol. The van der Waals surface area contributed by atoms with Gasteiger partial charge in [0, 0.05) is 24.9 Å². The Bertz CT molecular complexity index is 749. The van der Waals surface area contributed by atoms with E-state index in [9.17, 15) is 30.7 Å². The average Bonchev–Trinajstić information content (AvgIpc) is 2.69. The lowest BCUT2D eigenvalue weighted by Crippen LogP contribution is -2.26. The normalized spacial score (nSPS) is 18.8. The van der Waals surface area contributed by atoms with E-state index in [1.54, 1.807) is 0 Å². The smallest absolute Gasteiger partial charge is 0.338 e. The Hall–Kier alpha value is -2.10. The number of amides is 1. The molecule has 120 valence electrons. The molecule has 0 aromatic heterocycles. The van der Waals surface area contributed by atoms with Gasteiger partial charge in [-0.15, -0.1) is 3.89 Å². The van der Waals surface area contributed by atoms with Gasteiger partial charge in [0.25, 0.3) is 0 Å². The van der Waals surface area contributed by atoms with Gasteiger partial charge in [0.15, 0.2) is 0 Å². The van der Waals surface area contributed by atoms with Crippen LogP contribution in [0.1, 0.15) is 16.8 Å². The van der Waals surface area contributed by atoms with E-state index in [1.807, 2.05) is 0 Å². The van der Waals surface area contributed by atoms with Gasteiger partial charge in [-0.1, -0.05) is 0 Å². The van der Waals surface area contributed by atoms with Crippen molar-refractivity contribution in [3.63, 3.8) is 0 Å². The van der Waals surface area contributed by atoms with Gasteiger partial charge in [0.05, 0.1) is 17.0 Å². The molecule has 0 saturated carbocycles. The zero-order valence-electron chi connectivity index (χ0n) is 10.9. The maximum atomic E-state index is 13.9. The number of carbonyl (C=O) groups is 2. The third kappa shape index (κ3) is 3.38. The van der Waals surface area contributed by atoms with Gasteiger partial charge in [-0.05, 0) is 6.07 Å². The predicted octanol–water partition coefficient (Wildman–Crippen LogP) is 1.32. The second-order valence-corrected chi connectivity index (χ2v) is 6.28. The van der Waals surface area contributed by atoms with E-state index in [0.29, 0.717) is 12.1 Å². The molecule has 1 saturated heterocycles. The Labute approximate surface area is 123 Å². The third-order valence-electron chi connectivity index (χ3n) is 3.20. The maximum absolute atomic E-state index is 13.9. The highest BCUT2D eigenvalue weighted by Crippen LogP contribution is 2.30. The number of nitrogens with zero attached hydrogens (tertiary/aromatic N) is 1. The molecule has 2 rings (SSSR count). The molecule has 1 heterocycles. The maximum Gasteiger partial charge on any atom is 0.338 e. The van der Waals surface area contributed by atoms with E-state index in [0.717, 1.165) is 4.90 Å². The fraction of sp³-hybridized carbons (Fsp3) is 0.333. The molecular weight excluding hydrogens is 327 g/mol. The quantitative estimate of drug-likeness (QED) is 0.837. The number of carboxylic acid groups (broad SMARTS) is 1. The van der Waals surface area contributed by atoms with Crippen LogP contribution in [0.15, 0.2) is 12.1 Å². The Balaban J connectivity index is 2.31. The molecule has 1 aliphatic rings. The van der Waals surface area contributed by atoms with Crippen LogP contribution in [-0.4, -0.2) is 37.7 Å². The predicted molar refractivity (Wildman–Crippen MR) is 68.7 cm³/mol. The Kier molecular flexibility index (Phi) is 4.14. The molecule has 6 nitrogen and oxygen atoms in total. The lowest BCUT2D eigenvalue weighted by molar-refractivity contribution is -0.117. The van der Waals surface area contributed by atoms with E-state index in [-0.39, 0.29) is 13.0 Å². The highest BCUT2D eigenvalue weighted by molar-refractivity contribution is 7.86. The van der Waals surface area contributed by atoms with Crippen LogP contribution in [0.25, 0.3) is 0 Å². The van der Waals surface area contributed by atoms with Crippen LogP contribution in [0, 0.1) is 17.6 Å². The molecule has 1 aliphatic heterocycles. The summed E-state index contributed by atoms with van der Waals surface area (Å²) in [5.41, 5.74) is -1.40. The molecular formula is C12H10F3NO5S. The zero-order valence-corrected chi connectivity index (χ0v) is 11.7. The van der Waals surface area contributed by atoms with Gasteiger partial charge >= 0.3 is 16.2 Å². The van der Waals surface area contributed by atoms with Crippen LogP contribution < -0.4 is 4.90 Å². The van der Waals surface area contributed by atoms with Crippen LogP contribution in [0.3, 0.4) is 0 Å². The lowest BCUT2D eigenvalue weighted by Gasteiger charge is -2.18. The van der Waals surface area contributed by atoms with Gasteiger partial charge in [-0.25, -0.2) is 13.6 Å². The zero-order chi connectivity index (χ0) is 16.7. The molecule has 1 N–H and O–H groups in total. The molecule has 10 heteroatoms. The van der Waals surface area contributed by atoms with Crippen molar-refractivity contribution in [3.8, 4) is 0 Å². The van der Waals surface area contributed by atoms with E-state index >= 15 is 0 Å². The summed E-state index contributed by atoms with van der Waals surface area (Å²) in [6.07, 6.45) is -0.328. The summed E-state index contributed by atoms with van der Waals surface area (Å²) in [7, 11) is -4.80. The van der Waals surface area contributed by atoms with E-state index in [4.69, 9.17) is 5.11 Å². The van der Waals surface area contributed by atoms with Crippen molar-refractivity contribution in [2.24, 2.45) is 5.92 Å². The van der Waals surface area contributed by atoms with E-state index in [2.05, 4.69) is 0 Å². The van der Waals surface area contributed by atoms with Gasteiger partial charge < -0.3 is 10.0 Å². The molecule has 1 aromatic rings. The Morgan fingerprint density at radius 3 is 2.50 bits per heavy atom. The molecule has 1 fully saturated rings. The van der Waals surface area contributed by atoms with Crippen LogP contribution in [0.2, 0.25) is 0 Å². The molecule has 22 heavy (non-hydrogen) atoms. The van der Waals surface area contributed by atoms with Crippen molar-refractivity contribution in [3.05, 3.63) is 29.3 Å². The average molecular weight is 337 g/mol. The lowest BCUT2D eigenvalue weighted by atomic mass is 10.1. The number of anilines is 1. The Morgan fingerprint density at radius 2 is 1.95 bits per heavy atom. The number of rotatable bonds is 4. The Morgan fingerprint density at radius 1 is 1.32 bits per heavy atom. The molecule has 0 spiro atoms. The first-order chi connectivity index (χ1) is 10.1. The van der Waals surface area contributed by atoms with E-state index in [1.165, 1.54) is 0 Å². The molecule has 0 aliphatic carbocycles. The first kappa shape index (κ1) is 16.3. The largest absolute Gasteiger partial charge is 0.478 e. The topological polar surface area (TPSA) is 91.8 Å². The fourth-order valence-corrected chi connectivity index (χ4v) is 3.10. The van der Waals surface area contributed by atoms with Crippen LogP contribution in [0.5, 0.6) is 0 Å². The molecule has 1 aromatic carbocycles. The van der Waals surface area contributed by atoms with Crippen LogP contribution in [0.4, 0.5) is 18.4 Å². The van der Waals surface area contributed by atoms with Crippen molar-refractivity contribution in [1.82, 2.24) is 0 Å².